The first-order valence-corrected chi connectivity index (χ1v) is 14.6. The molecule has 10 nitrogen and oxygen atoms in total. The highest BCUT2D eigenvalue weighted by atomic mass is 16.6. The van der Waals surface area contributed by atoms with Gasteiger partial charge in [-0.2, -0.15) is 4.98 Å². The van der Waals surface area contributed by atoms with Gasteiger partial charge < -0.3 is 29.1 Å². The van der Waals surface area contributed by atoms with Crippen molar-refractivity contribution in [2.45, 2.75) is 91.7 Å². The minimum Gasteiger partial charge on any atom is -0.494 e. The Balaban J connectivity index is 1.30. The van der Waals surface area contributed by atoms with Gasteiger partial charge >= 0.3 is 12.1 Å². The number of nitrogens with zero attached hydrogens (tertiary/aromatic N) is 4. The van der Waals surface area contributed by atoms with Crippen molar-refractivity contribution in [2.24, 2.45) is 11.8 Å². The van der Waals surface area contributed by atoms with Crippen LogP contribution in [0.2, 0.25) is 0 Å². The van der Waals surface area contributed by atoms with Gasteiger partial charge in [0.2, 0.25) is 5.91 Å². The fourth-order valence-electron chi connectivity index (χ4n) is 5.29. The van der Waals surface area contributed by atoms with Crippen molar-refractivity contribution >= 4 is 23.7 Å². The van der Waals surface area contributed by atoms with Crippen LogP contribution in [0.4, 0.5) is 16.5 Å². The van der Waals surface area contributed by atoms with Gasteiger partial charge in [0.15, 0.2) is 5.82 Å². The van der Waals surface area contributed by atoms with Crippen molar-refractivity contribution in [1.29, 1.82) is 0 Å². The number of hydrogen-bond acceptors (Lipinski definition) is 8. The zero-order valence-corrected chi connectivity index (χ0v) is 24.9. The number of aromatic nitrogens is 2. The fraction of sp³-hybridized carbons (Fsp3) is 0.667. The molecule has 1 aromatic carbocycles. The second-order valence-corrected chi connectivity index (χ2v) is 12.3. The molecule has 0 radical (unpaired) electrons. The van der Waals surface area contributed by atoms with Gasteiger partial charge in [0.25, 0.3) is 0 Å². The smallest absolute Gasteiger partial charge is 0.407 e. The Hall–Kier alpha value is -3.30. The zero-order valence-electron chi connectivity index (χ0n) is 24.9. The lowest BCUT2D eigenvalue weighted by Gasteiger charge is -2.33. The Labute approximate surface area is 237 Å². The molecule has 40 heavy (non-hydrogen) atoms. The summed E-state index contributed by atoms with van der Waals surface area (Å²) >= 11 is 0. The summed E-state index contributed by atoms with van der Waals surface area (Å²) in [5.41, 5.74) is 1.06. The highest BCUT2D eigenvalue weighted by Crippen LogP contribution is 2.31. The lowest BCUT2D eigenvalue weighted by Crippen LogP contribution is -2.36. The third-order valence-corrected chi connectivity index (χ3v) is 7.64. The number of ether oxygens (including phenoxy) is 2. The molecule has 1 unspecified atom stereocenters. The van der Waals surface area contributed by atoms with Gasteiger partial charge in [0, 0.05) is 44.2 Å². The van der Waals surface area contributed by atoms with Crippen molar-refractivity contribution in [3.8, 4) is 5.75 Å². The standard InChI is InChI=1S/C30H45N5O5/c1-20(2)27-32-28(40-33-27)34-15-11-22(12-16-34)21(3)13-17-38-24-9-10-25(35-14-7-8-26(35)36)23(18-24)19-31-29(37)39-30(4,5)6/h9-10,18,20-22H,7-8,11-17,19H2,1-6H3,(H,31,37). The lowest BCUT2D eigenvalue weighted by molar-refractivity contribution is -0.117. The molecular weight excluding hydrogens is 510 g/mol. The number of piperidine rings is 1. The quantitative estimate of drug-likeness (QED) is 0.400. The Morgan fingerprint density at radius 1 is 1.18 bits per heavy atom. The summed E-state index contributed by atoms with van der Waals surface area (Å²) in [5, 5.41) is 6.92. The van der Waals surface area contributed by atoms with Crippen LogP contribution in [-0.2, 0) is 16.1 Å². The average molecular weight is 556 g/mol. The molecule has 2 aliphatic heterocycles. The molecule has 1 aromatic heterocycles. The van der Waals surface area contributed by atoms with Gasteiger partial charge in [-0.05, 0) is 82.1 Å². The SMILES string of the molecule is CC(C)c1noc(N2CCC(C(C)CCOc3ccc(N4CCCC4=O)c(CNC(=O)OC(C)(C)C)c3)CC2)n1. The van der Waals surface area contributed by atoms with Crippen LogP contribution < -0.4 is 19.9 Å². The average Bonchev–Trinajstić information content (AvgIpc) is 3.56. The monoisotopic (exact) mass is 555 g/mol. The number of rotatable bonds is 10. The molecule has 0 spiro atoms. The molecule has 1 N–H and O–H groups in total. The maximum absolute atomic E-state index is 12.4. The van der Waals surface area contributed by atoms with E-state index < -0.39 is 11.7 Å². The molecule has 0 saturated carbocycles. The van der Waals surface area contributed by atoms with E-state index in [0.717, 1.165) is 61.6 Å². The molecule has 4 rings (SSSR count). The minimum absolute atomic E-state index is 0.103. The van der Waals surface area contributed by atoms with E-state index >= 15 is 0 Å². The van der Waals surface area contributed by atoms with Crippen molar-refractivity contribution < 1.29 is 23.6 Å². The van der Waals surface area contributed by atoms with Crippen LogP contribution in [0.1, 0.15) is 91.0 Å². The molecule has 10 heteroatoms. The Morgan fingerprint density at radius 2 is 1.93 bits per heavy atom. The fourth-order valence-corrected chi connectivity index (χ4v) is 5.29. The van der Waals surface area contributed by atoms with E-state index in [-0.39, 0.29) is 18.4 Å². The van der Waals surface area contributed by atoms with Crippen LogP contribution in [0.15, 0.2) is 22.7 Å². The Bertz CT molecular complexity index is 1150. The Kier molecular flexibility index (Phi) is 9.58. The number of carbonyl (C=O) groups excluding carboxylic acids is 2. The summed E-state index contributed by atoms with van der Waals surface area (Å²) in [5.74, 6) is 2.98. The van der Waals surface area contributed by atoms with E-state index in [0.29, 0.717) is 37.4 Å². The first-order chi connectivity index (χ1) is 19.0. The number of benzene rings is 1. The third kappa shape index (κ3) is 7.88. The first kappa shape index (κ1) is 29.7. The lowest BCUT2D eigenvalue weighted by atomic mass is 9.84. The van der Waals surface area contributed by atoms with Crippen molar-refractivity contribution in [2.75, 3.05) is 36.0 Å². The van der Waals surface area contributed by atoms with E-state index in [1.807, 2.05) is 39.0 Å². The number of alkyl carbamates (subject to hydrolysis) is 1. The Morgan fingerprint density at radius 3 is 2.55 bits per heavy atom. The molecule has 3 heterocycles. The van der Waals surface area contributed by atoms with E-state index in [2.05, 4.69) is 41.1 Å². The number of nitrogens with one attached hydrogen (secondary N) is 1. The molecule has 2 aliphatic rings. The molecule has 0 aliphatic carbocycles. The van der Waals surface area contributed by atoms with Crippen LogP contribution in [-0.4, -0.2) is 54.0 Å². The van der Waals surface area contributed by atoms with E-state index in [4.69, 9.17) is 14.0 Å². The predicted molar refractivity (Wildman–Crippen MR) is 154 cm³/mol. The van der Waals surface area contributed by atoms with Crippen molar-refractivity contribution in [1.82, 2.24) is 15.5 Å². The van der Waals surface area contributed by atoms with Gasteiger partial charge in [-0.3, -0.25) is 4.79 Å². The zero-order chi connectivity index (χ0) is 28.9. The molecule has 220 valence electrons. The molecule has 2 fully saturated rings. The maximum atomic E-state index is 12.4. The van der Waals surface area contributed by atoms with Crippen LogP contribution in [0, 0.1) is 11.8 Å². The van der Waals surface area contributed by atoms with Gasteiger partial charge in [0.05, 0.1) is 6.61 Å². The normalized spacial score (nSPS) is 17.4. The molecule has 0 bridgehead atoms. The molecular formula is C30H45N5O5. The number of amides is 2. The second kappa shape index (κ2) is 12.9. The molecule has 2 saturated heterocycles. The molecule has 2 amide bonds. The summed E-state index contributed by atoms with van der Waals surface area (Å²) in [6, 6.07) is 6.40. The van der Waals surface area contributed by atoms with Gasteiger partial charge in [-0.25, -0.2) is 4.79 Å². The van der Waals surface area contributed by atoms with Crippen molar-refractivity contribution in [3.05, 3.63) is 29.6 Å². The van der Waals surface area contributed by atoms with Gasteiger partial charge in [-0.15, -0.1) is 0 Å². The second-order valence-electron chi connectivity index (χ2n) is 12.3. The first-order valence-electron chi connectivity index (χ1n) is 14.6. The molecule has 2 aromatic rings. The minimum atomic E-state index is -0.583. The number of hydrogen-bond donors (Lipinski definition) is 1. The van der Waals surface area contributed by atoms with Crippen LogP contribution in [0.5, 0.6) is 5.75 Å². The van der Waals surface area contributed by atoms with Crippen molar-refractivity contribution in [3.63, 3.8) is 0 Å². The van der Waals surface area contributed by atoms with E-state index in [9.17, 15) is 9.59 Å². The number of carbonyl (C=O) groups is 2. The van der Waals surface area contributed by atoms with Crippen LogP contribution >= 0.6 is 0 Å². The number of anilines is 2. The maximum Gasteiger partial charge on any atom is 0.407 e. The summed E-state index contributed by atoms with van der Waals surface area (Å²) in [4.78, 5) is 33.2. The van der Waals surface area contributed by atoms with Gasteiger partial charge in [0.1, 0.15) is 11.4 Å². The summed E-state index contributed by atoms with van der Waals surface area (Å²) in [7, 11) is 0. The molecule has 1 atom stereocenters. The van der Waals surface area contributed by atoms with Crippen LogP contribution in [0.3, 0.4) is 0 Å². The summed E-state index contributed by atoms with van der Waals surface area (Å²) in [6.45, 7) is 15.3. The van der Waals surface area contributed by atoms with E-state index in [1.165, 1.54) is 0 Å². The highest BCUT2D eigenvalue weighted by Gasteiger charge is 2.27. The summed E-state index contributed by atoms with van der Waals surface area (Å²) < 4.78 is 17.0. The van der Waals surface area contributed by atoms with Crippen LogP contribution in [0.25, 0.3) is 0 Å². The topological polar surface area (TPSA) is 110 Å². The summed E-state index contributed by atoms with van der Waals surface area (Å²) in [6.07, 6.45) is 4.00. The predicted octanol–water partition coefficient (Wildman–Crippen LogP) is 5.67. The van der Waals surface area contributed by atoms with E-state index in [1.54, 1.807) is 4.90 Å². The third-order valence-electron chi connectivity index (χ3n) is 7.64. The van der Waals surface area contributed by atoms with Gasteiger partial charge in [-0.1, -0.05) is 25.9 Å². The largest absolute Gasteiger partial charge is 0.494 e. The highest BCUT2D eigenvalue weighted by molar-refractivity contribution is 5.96.